The summed E-state index contributed by atoms with van der Waals surface area (Å²) in [5.74, 6) is 0.691. The van der Waals surface area contributed by atoms with Crippen molar-refractivity contribution < 1.29 is 4.42 Å². The maximum Gasteiger partial charge on any atom is 0.160 e. The minimum Gasteiger partial charge on any atom is -0.456 e. The van der Waals surface area contributed by atoms with E-state index in [0.29, 0.717) is 5.82 Å². The van der Waals surface area contributed by atoms with Crippen molar-refractivity contribution in [1.29, 1.82) is 0 Å². The fourth-order valence-corrected chi connectivity index (χ4v) is 6.59. The molecule has 0 aliphatic heterocycles. The topological polar surface area (TPSA) is 38.9 Å². The van der Waals surface area contributed by atoms with E-state index in [0.717, 1.165) is 61.1 Å². The molecule has 7 aromatic carbocycles. The number of benzene rings is 7. The summed E-state index contributed by atoms with van der Waals surface area (Å²) in [6.07, 6.45) is 0. The van der Waals surface area contributed by atoms with Gasteiger partial charge in [-0.25, -0.2) is 9.97 Å². The molecule has 2 aromatic heterocycles. The highest BCUT2D eigenvalue weighted by Gasteiger charge is 2.20. The summed E-state index contributed by atoms with van der Waals surface area (Å²) in [7, 11) is 0. The van der Waals surface area contributed by atoms with Crippen LogP contribution in [-0.4, -0.2) is 9.97 Å². The third-order valence-electron chi connectivity index (χ3n) is 8.90. The molecule has 2 heterocycles. The molecule has 0 saturated carbocycles. The largest absolute Gasteiger partial charge is 0.456 e. The Balaban J connectivity index is 1.27. The zero-order valence-electron chi connectivity index (χ0n) is 25.5. The molecule has 3 heteroatoms. The number of aromatic nitrogens is 2. The third-order valence-corrected chi connectivity index (χ3v) is 8.90. The first-order chi connectivity index (χ1) is 23.3. The van der Waals surface area contributed by atoms with Gasteiger partial charge in [-0.15, -0.1) is 0 Å². The first kappa shape index (κ1) is 27.0. The molecule has 0 fully saturated rings. The Morgan fingerprint density at radius 3 is 1.83 bits per heavy atom. The molecule has 0 amide bonds. The Hall–Kier alpha value is -6.32. The van der Waals surface area contributed by atoms with Gasteiger partial charge in [0.2, 0.25) is 0 Å². The van der Waals surface area contributed by atoms with Crippen LogP contribution in [0.2, 0.25) is 0 Å². The molecule has 220 valence electrons. The minimum absolute atomic E-state index is 0.691. The van der Waals surface area contributed by atoms with Gasteiger partial charge in [0, 0.05) is 33.0 Å². The predicted molar refractivity (Wildman–Crippen MR) is 194 cm³/mol. The molecule has 0 saturated heterocycles. The average Bonchev–Trinajstić information content (AvgIpc) is 3.54. The van der Waals surface area contributed by atoms with E-state index in [9.17, 15) is 0 Å². The summed E-state index contributed by atoms with van der Waals surface area (Å²) < 4.78 is 6.39. The van der Waals surface area contributed by atoms with Crippen LogP contribution in [0.1, 0.15) is 0 Å². The first-order valence-corrected chi connectivity index (χ1v) is 15.8. The molecule has 9 rings (SSSR count). The Bertz CT molecular complexity index is 2490. The van der Waals surface area contributed by atoms with Crippen molar-refractivity contribution in [2.75, 3.05) is 0 Å². The lowest BCUT2D eigenvalue weighted by molar-refractivity contribution is 0.669. The first-order valence-electron chi connectivity index (χ1n) is 15.8. The van der Waals surface area contributed by atoms with Crippen LogP contribution in [0.25, 0.3) is 88.9 Å². The molecular weight excluding hydrogens is 572 g/mol. The van der Waals surface area contributed by atoms with E-state index in [4.69, 9.17) is 14.4 Å². The van der Waals surface area contributed by atoms with Gasteiger partial charge < -0.3 is 4.42 Å². The van der Waals surface area contributed by atoms with Crippen molar-refractivity contribution >= 4 is 32.7 Å². The molecule has 0 aliphatic carbocycles. The number of para-hydroxylation sites is 1. The van der Waals surface area contributed by atoms with E-state index in [1.54, 1.807) is 0 Å². The highest BCUT2D eigenvalue weighted by Crippen LogP contribution is 2.43. The van der Waals surface area contributed by atoms with Crippen molar-refractivity contribution in [3.05, 3.63) is 170 Å². The summed E-state index contributed by atoms with van der Waals surface area (Å²) in [5, 5.41) is 4.64. The number of furan rings is 1. The molecule has 9 aromatic rings. The standard InChI is InChI=1S/C44H28N2O/c1-3-12-31(13-4-1)38-28-39(46-44(45-38)33-14-5-2-6-15-33)36-25-26-41-43(37-17-9-10-18-40(37)47-41)42(36)32-22-19-30(20-23-32)35-24-21-29-11-7-8-16-34(29)27-35/h1-28H. The Kier molecular flexibility index (Phi) is 6.46. The van der Waals surface area contributed by atoms with Crippen molar-refractivity contribution in [3.8, 4) is 56.2 Å². The fraction of sp³-hybridized carbons (Fsp3) is 0. The van der Waals surface area contributed by atoms with Crippen LogP contribution in [0.4, 0.5) is 0 Å². The van der Waals surface area contributed by atoms with E-state index in [1.807, 2.05) is 48.5 Å². The van der Waals surface area contributed by atoms with E-state index in [-0.39, 0.29) is 0 Å². The number of fused-ring (bicyclic) bond motifs is 4. The highest BCUT2D eigenvalue weighted by atomic mass is 16.3. The second kappa shape index (κ2) is 11.2. The minimum atomic E-state index is 0.691. The Labute approximate surface area is 272 Å². The predicted octanol–water partition coefficient (Wildman–Crippen LogP) is 11.9. The van der Waals surface area contributed by atoms with Gasteiger partial charge in [0.1, 0.15) is 11.2 Å². The van der Waals surface area contributed by atoms with Crippen LogP contribution in [0, 0.1) is 0 Å². The quantitative estimate of drug-likeness (QED) is 0.197. The number of hydrogen-bond donors (Lipinski definition) is 0. The van der Waals surface area contributed by atoms with E-state index < -0.39 is 0 Å². The second-order valence-corrected chi connectivity index (χ2v) is 11.8. The normalized spacial score (nSPS) is 11.4. The lowest BCUT2D eigenvalue weighted by atomic mass is 9.91. The third kappa shape index (κ3) is 4.86. The summed E-state index contributed by atoms with van der Waals surface area (Å²) in [4.78, 5) is 10.3. The number of rotatable bonds is 5. The summed E-state index contributed by atoms with van der Waals surface area (Å²) >= 11 is 0. The van der Waals surface area contributed by atoms with Gasteiger partial charge in [-0.3, -0.25) is 0 Å². The fourth-order valence-electron chi connectivity index (χ4n) is 6.59. The van der Waals surface area contributed by atoms with Crippen molar-refractivity contribution in [1.82, 2.24) is 9.97 Å². The zero-order valence-corrected chi connectivity index (χ0v) is 25.5. The Morgan fingerprint density at radius 1 is 0.383 bits per heavy atom. The Morgan fingerprint density at radius 2 is 1.02 bits per heavy atom. The van der Waals surface area contributed by atoms with E-state index in [1.165, 1.54) is 21.9 Å². The summed E-state index contributed by atoms with van der Waals surface area (Å²) in [6, 6.07) is 59.1. The van der Waals surface area contributed by atoms with Crippen LogP contribution >= 0.6 is 0 Å². The number of hydrogen-bond acceptors (Lipinski definition) is 3. The van der Waals surface area contributed by atoms with Gasteiger partial charge in [0.05, 0.1) is 11.4 Å². The number of nitrogens with zero attached hydrogens (tertiary/aromatic N) is 2. The van der Waals surface area contributed by atoms with Gasteiger partial charge in [0.15, 0.2) is 5.82 Å². The maximum atomic E-state index is 6.39. The van der Waals surface area contributed by atoms with Crippen LogP contribution < -0.4 is 0 Å². The van der Waals surface area contributed by atoms with Crippen LogP contribution in [0.5, 0.6) is 0 Å². The van der Waals surface area contributed by atoms with E-state index in [2.05, 4.69) is 121 Å². The SMILES string of the molecule is c1ccc(-c2cc(-c3ccc4oc5ccccc5c4c3-c3ccc(-c4ccc5ccccc5c4)cc3)nc(-c3ccccc3)n2)cc1. The van der Waals surface area contributed by atoms with Gasteiger partial charge in [-0.2, -0.15) is 0 Å². The van der Waals surface area contributed by atoms with Crippen LogP contribution in [0.3, 0.4) is 0 Å². The average molecular weight is 601 g/mol. The second-order valence-electron chi connectivity index (χ2n) is 11.8. The maximum absolute atomic E-state index is 6.39. The molecule has 0 atom stereocenters. The molecule has 0 aliphatic rings. The highest BCUT2D eigenvalue weighted by molar-refractivity contribution is 6.15. The molecule has 0 bridgehead atoms. The molecule has 0 unspecified atom stereocenters. The van der Waals surface area contributed by atoms with Crippen molar-refractivity contribution in [2.45, 2.75) is 0 Å². The zero-order chi connectivity index (χ0) is 31.2. The molecular formula is C44H28N2O. The molecule has 0 spiro atoms. The molecule has 47 heavy (non-hydrogen) atoms. The van der Waals surface area contributed by atoms with Crippen molar-refractivity contribution in [2.24, 2.45) is 0 Å². The van der Waals surface area contributed by atoms with Gasteiger partial charge in [-0.05, 0) is 57.8 Å². The van der Waals surface area contributed by atoms with E-state index >= 15 is 0 Å². The monoisotopic (exact) mass is 600 g/mol. The molecule has 0 radical (unpaired) electrons. The molecule has 3 nitrogen and oxygen atoms in total. The lowest BCUT2D eigenvalue weighted by Gasteiger charge is -2.15. The smallest absolute Gasteiger partial charge is 0.160 e. The molecule has 0 N–H and O–H groups in total. The summed E-state index contributed by atoms with van der Waals surface area (Å²) in [6.45, 7) is 0. The summed E-state index contributed by atoms with van der Waals surface area (Å²) in [5.41, 5.74) is 11.1. The van der Waals surface area contributed by atoms with Gasteiger partial charge in [0.25, 0.3) is 0 Å². The van der Waals surface area contributed by atoms with Gasteiger partial charge in [-0.1, -0.05) is 140 Å². The van der Waals surface area contributed by atoms with Crippen LogP contribution in [0.15, 0.2) is 174 Å². The van der Waals surface area contributed by atoms with Crippen molar-refractivity contribution in [3.63, 3.8) is 0 Å². The van der Waals surface area contributed by atoms with Crippen LogP contribution in [-0.2, 0) is 0 Å². The van der Waals surface area contributed by atoms with Gasteiger partial charge >= 0.3 is 0 Å². The lowest BCUT2D eigenvalue weighted by Crippen LogP contribution is -1.97.